The summed E-state index contributed by atoms with van der Waals surface area (Å²) in [5.74, 6) is -0.0981. The average molecular weight is 262 g/mol. The Morgan fingerprint density at radius 1 is 1.29 bits per heavy atom. The van der Waals surface area contributed by atoms with E-state index in [1.165, 1.54) is 12.5 Å². The van der Waals surface area contributed by atoms with Crippen molar-refractivity contribution in [2.24, 2.45) is 0 Å². The molecule has 4 nitrogen and oxygen atoms in total. The van der Waals surface area contributed by atoms with Gasteiger partial charge in [0.05, 0.1) is 5.75 Å². The second kappa shape index (κ2) is 6.52. The van der Waals surface area contributed by atoms with E-state index in [-0.39, 0.29) is 5.75 Å². The van der Waals surface area contributed by atoms with Gasteiger partial charge in [0, 0.05) is 0 Å². The molecule has 17 heavy (non-hydrogen) atoms. The SMILES string of the molecule is C=CCS(=O)(=O)O[N+]1(CCCC)CCCCC1. The summed E-state index contributed by atoms with van der Waals surface area (Å²) in [5.41, 5.74) is 0. The van der Waals surface area contributed by atoms with Crippen molar-refractivity contribution in [3.8, 4) is 0 Å². The molecule has 5 heteroatoms. The third kappa shape index (κ3) is 4.77. The number of nitrogens with zero attached hydrogens (tertiary/aromatic N) is 1. The van der Waals surface area contributed by atoms with E-state index in [4.69, 9.17) is 4.28 Å². The molecule has 0 atom stereocenters. The van der Waals surface area contributed by atoms with Gasteiger partial charge in [0.15, 0.2) is 0 Å². The number of hydroxylamine groups is 3. The Balaban J connectivity index is 2.72. The van der Waals surface area contributed by atoms with Crippen molar-refractivity contribution in [1.82, 2.24) is 0 Å². The first kappa shape index (κ1) is 14.7. The molecule has 1 saturated heterocycles. The summed E-state index contributed by atoms with van der Waals surface area (Å²) < 4.78 is 29.3. The molecule has 0 aromatic rings. The van der Waals surface area contributed by atoms with Crippen LogP contribution in [0.3, 0.4) is 0 Å². The lowest BCUT2D eigenvalue weighted by molar-refractivity contribution is -1.08. The molecule has 100 valence electrons. The van der Waals surface area contributed by atoms with Crippen molar-refractivity contribution < 1.29 is 17.3 Å². The van der Waals surface area contributed by atoms with Gasteiger partial charge >= 0.3 is 10.1 Å². The maximum atomic E-state index is 11.8. The third-order valence-electron chi connectivity index (χ3n) is 3.14. The molecule has 1 fully saturated rings. The number of quaternary nitrogens is 1. The van der Waals surface area contributed by atoms with Crippen LogP contribution in [-0.4, -0.2) is 38.5 Å². The van der Waals surface area contributed by atoms with E-state index < -0.39 is 10.1 Å². The van der Waals surface area contributed by atoms with E-state index in [1.54, 1.807) is 0 Å². The first-order valence-electron chi connectivity index (χ1n) is 6.44. The molecule has 1 aliphatic heterocycles. The van der Waals surface area contributed by atoms with Crippen LogP contribution in [0.5, 0.6) is 0 Å². The molecule has 0 spiro atoms. The maximum Gasteiger partial charge on any atom is 0.317 e. The standard InChI is InChI=1S/C12H24NO3S/c1-3-5-9-13(10-7-6-8-11-13)16-17(14,15)12-4-2/h4H,2-3,5-12H2,1H3/q+1. The average Bonchev–Trinajstić information content (AvgIpc) is 2.27. The Bertz CT molecular complexity index is 332. The van der Waals surface area contributed by atoms with Crippen molar-refractivity contribution in [3.05, 3.63) is 12.7 Å². The summed E-state index contributed by atoms with van der Waals surface area (Å²) in [7, 11) is -3.47. The molecule has 0 aliphatic carbocycles. The van der Waals surface area contributed by atoms with E-state index in [0.29, 0.717) is 4.65 Å². The van der Waals surface area contributed by atoms with Gasteiger partial charge in [-0.2, -0.15) is 13.1 Å². The van der Waals surface area contributed by atoms with Crippen LogP contribution in [0.15, 0.2) is 12.7 Å². The maximum absolute atomic E-state index is 11.8. The van der Waals surface area contributed by atoms with Crippen molar-refractivity contribution in [3.63, 3.8) is 0 Å². The predicted octanol–water partition coefficient (Wildman–Crippen LogP) is 2.23. The smallest absolute Gasteiger partial charge is 0.194 e. The molecule has 0 unspecified atom stereocenters. The van der Waals surface area contributed by atoms with Gasteiger partial charge in [0.2, 0.25) is 0 Å². The largest absolute Gasteiger partial charge is 0.317 e. The molecule has 0 aromatic carbocycles. The number of likely N-dealkylation sites (tertiary alicyclic amines) is 1. The Kier molecular flexibility index (Phi) is 5.62. The minimum absolute atomic E-state index is 0.0981. The zero-order valence-corrected chi connectivity index (χ0v) is 11.5. The zero-order valence-electron chi connectivity index (χ0n) is 10.7. The van der Waals surface area contributed by atoms with Gasteiger partial charge < -0.3 is 0 Å². The predicted molar refractivity (Wildman–Crippen MR) is 68.7 cm³/mol. The Morgan fingerprint density at radius 3 is 2.47 bits per heavy atom. The summed E-state index contributed by atoms with van der Waals surface area (Å²) in [6.07, 6.45) is 6.72. The molecule has 0 radical (unpaired) electrons. The fourth-order valence-electron chi connectivity index (χ4n) is 2.29. The lowest BCUT2D eigenvalue weighted by Crippen LogP contribution is -2.53. The number of unbranched alkanes of at least 4 members (excludes halogenated alkanes) is 1. The van der Waals surface area contributed by atoms with E-state index in [9.17, 15) is 8.42 Å². The van der Waals surface area contributed by atoms with Crippen LogP contribution in [0.1, 0.15) is 39.0 Å². The number of hydrogen-bond acceptors (Lipinski definition) is 3. The monoisotopic (exact) mass is 262 g/mol. The highest BCUT2D eigenvalue weighted by Gasteiger charge is 2.36. The molecule has 1 rings (SSSR count). The van der Waals surface area contributed by atoms with Crippen LogP contribution >= 0.6 is 0 Å². The minimum Gasteiger partial charge on any atom is -0.194 e. The van der Waals surface area contributed by atoms with Gasteiger partial charge in [-0.3, -0.25) is 0 Å². The van der Waals surface area contributed by atoms with Crippen molar-refractivity contribution >= 4 is 10.1 Å². The number of rotatable bonds is 7. The van der Waals surface area contributed by atoms with E-state index in [0.717, 1.165) is 45.3 Å². The second-order valence-corrected chi connectivity index (χ2v) is 6.33. The van der Waals surface area contributed by atoms with Crippen LogP contribution in [0.4, 0.5) is 0 Å². The van der Waals surface area contributed by atoms with E-state index in [2.05, 4.69) is 13.5 Å². The van der Waals surface area contributed by atoms with Crippen LogP contribution < -0.4 is 0 Å². The van der Waals surface area contributed by atoms with Crippen molar-refractivity contribution in [1.29, 1.82) is 0 Å². The van der Waals surface area contributed by atoms with Crippen LogP contribution in [-0.2, 0) is 14.4 Å². The summed E-state index contributed by atoms with van der Waals surface area (Å²) in [6.45, 7) is 8.00. The Labute approximate surface area is 105 Å². The Hall–Kier alpha value is -0.390. The molecule has 1 heterocycles. The van der Waals surface area contributed by atoms with Gasteiger partial charge in [0.1, 0.15) is 19.6 Å². The third-order valence-corrected chi connectivity index (χ3v) is 4.33. The van der Waals surface area contributed by atoms with Gasteiger partial charge in [0.25, 0.3) is 0 Å². The highest BCUT2D eigenvalue weighted by atomic mass is 32.2. The normalized spacial score (nSPS) is 20.1. The lowest BCUT2D eigenvalue weighted by atomic mass is 10.1. The van der Waals surface area contributed by atoms with Gasteiger partial charge in [-0.25, -0.2) is 0 Å². The highest BCUT2D eigenvalue weighted by molar-refractivity contribution is 7.86. The van der Waals surface area contributed by atoms with Crippen LogP contribution in [0.25, 0.3) is 0 Å². The van der Waals surface area contributed by atoms with E-state index >= 15 is 0 Å². The molecule has 0 amide bonds. The summed E-state index contributed by atoms with van der Waals surface area (Å²) in [5, 5.41) is 0. The van der Waals surface area contributed by atoms with Crippen molar-refractivity contribution in [2.45, 2.75) is 39.0 Å². The van der Waals surface area contributed by atoms with Crippen molar-refractivity contribution in [2.75, 3.05) is 25.4 Å². The first-order valence-corrected chi connectivity index (χ1v) is 8.02. The zero-order chi connectivity index (χ0) is 12.8. The summed E-state index contributed by atoms with van der Waals surface area (Å²) >= 11 is 0. The molecular formula is C12H24NO3S+. The summed E-state index contributed by atoms with van der Waals surface area (Å²) in [4.78, 5) is 0. The molecular weight excluding hydrogens is 238 g/mol. The van der Waals surface area contributed by atoms with Crippen LogP contribution in [0, 0.1) is 0 Å². The number of piperidine rings is 1. The topological polar surface area (TPSA) is 43.4 Å². The quantitative estimate of drug-likeness (QED) is 0.522. The Morgan fingerprint density at radius 2 is 1.94 bits per heavy atom. The molecule has 1 aliphatic rings. The fourth-order valence-corrected chi connectivity index (χ4v) is 3.34. The minimum atomic E-state index is -3.47. The molecule has 0 saturated carbocycles. The molecule has 0 N–H and O–H groups in total. The molecule has 0 aromatic heterocycles. The van der Waals surface area contributed by atoms with Crippen LogP contribution in [0.2, 0.25) is 0 Å². The number of hydrogen-bond donors (Lipinski definition) is 0. The van der Waals surface area contributed by atoms with Gasteiger partial charge in [-0.15, -0.1) is 6.58 Å². The van der Waals surface area contributed by atoms with Gasteiger partial charge in [-0.1, -0.05) is 23.7 Å². The van der Waals surface area contributed by atoms with E-state index in [1.807, 2.05) is 0 Å². The fraction of sp³-hybridized carbons (Fsp3) is 0.833. The van der Waals surface area contributed by atoms with Gasteiger partial charge in [-0.05, 0) is 25.7 Å². The lowest BCUT2D eigenvalue weighted by Gasteiger charge is -2.36. The summed E-state index contributed by atoms with van der Waals surface area (Å²) in [6, 6.07) is 0. The molecule has 0 bridgehead atoms. The second-order valence-electron chi connectivity index (χ2n) is 4.73. The highest BCUT2D eigenvalue weighted by Crippen LogP contribution is 2.23. The first-order chi connectivity index (χ1) is 8.04.